The molecule has 25 heavy (non-hydrogen) atoms. The van der Waals surface area contributed by atoms with Crippen molar-refractivity contribution in [3.63, 3.8) is 0 Å². The van der Waals surface area contributed by atoms with Crippen LogP contribution in [0.3, 0.4) is 0 Å². The van der Waals surface area contributed by atoms with Crippen LogP contribution in [0.1, 0.15) is 6.92 Å². The lowest BCUT2D eigenvalue weighted by Crippen LogP contribution is -2.42. The van der Waals surface area contributed by atoms with Crippen molar-refractivity contribution in [2.75, 3.05) is 56.7 Å². The van der Waals surface area contributed by atoms with E-state index >= 15 is 0 Å². The first kappa shape index (κ1) is 17.5. The zero-order chi connectivity index (χ0) is 17.8. The van der Waals surface area contributed by atoms with Gasteiger partial charge in [-0.25, -0.2) is 4.79 Å². The Bertz CT molecular complexity index is 646. The van der Waals surface area contributed by atoms with E-state index in [1.54, 1.807) is 37.1 Å². The normalized spacial score (nSPS) is 20.6. The van der Waals surface area contributed by atoms with E-state index in [1.807, 2.05) is 0 Å². The molecule has 1 saturated heterocycles. The molecule has 2 aliphatic heterocycles. The Morgan fingerprint density at radius 3 is 2.84 bits per heavy atom. The van der Waals surface area contributed by atoms with Gasteiger partial charge in [0.2, 0.25) is 0 Å². The average molecular weight is 348 g/mol. The number of carbonyl (C=O) groups is 2. The molecular formula is C17H24N4O4. The van der Waals surface area contributed by atoms with Gasteiger partial charge in [0, 0.05) is 45.0 Å². The lowest BCUT2D eigenvalue weighted by molar-refractivity contribution is -0.125. The van der Waals surface area contributed by atoms with E-state index in [0.717, 1.165) is 32.8 Å². The average Bonchev–Trinajstić information content (AvgIpc) is 2.60. The van der Waals surface area contributed by atoms with E-state index in [9.17, 15) is 9.59 Å². The summed E-state index contributed by atoms with van der Waals surface area (Å²) in [5.41, 5.74) is 1.32. The first-order valence-electron chi connectivity index (χ1n) is 8.48. The highest BCUT2D eigenvalue weighted by atomic mass is 16.5. The van der Waals surface area contributed by atoms with Crippen molar-refractivity contribution in [1.29, 1.82) is 0 Å². The summed E-state index contributed by atoms with van der Waals surface area (Å²) in [6.07, 6.45) is -0.532. The first-order chi connectivity index (χ1) is 12.0. The maximum absolute atomic E-state index is 12.0. The third-order valence-electron chi connectivity index (χ3n) is 4.38. The van der Waals surface area contributed by atoms with Crippen molar-refractivity contribution in [2.24, 2.45) is 0 Å². The zero-order valence-corrected chi connectivity index (χ0v) is 14.6. The molecule has 3 amide bonds. The summed E-state index contributed by atoms with van der Waals surface area (Å²) in [4.78, 5) is 27.8. The summed E-state index contributed by atoms with van der Waals surface area (Å²) in [5.74, 6) is 0.495. The summed E-state index contributed by atoms with van der Waals surface area (Å²) < 4.78 is 10.9. The van der Waals surface area contributed by atoms with Crippen LogP contribution in [0, 0.1) is 0 Å². The fourth-order valence-corrected chi connectivity index (χ4v) is 2.92. The van der Waals surface area contributed by atoms with Crippen molar-refractivity contribution in [2.45, 2.75) is 13.0 Å². The Balaban J connectivity index is 1.52. The molecular weight excluding hydrogens is 324 g/mol. The van der Waals surface area contributed by atoms with Crippen LogP contribution in [-0.2, 0) is 9.53 Å². The maximum atomic E-state index is 12.0. The lowest BCUT2D eigenvalue weighted by atomic mass is 10.2. The van der Waals surface area contributed by atoms with Crippen LogP contribution >= 0.6 is 0 Å². The molecule has 8 nitrogen and oxygen atoms in total. The molecule has 0 aliphatic carbocycles. The van der Waals surface area contributed by atoms with Crippen LogP contribution in [0.15, 0.2) is 18.2 Å². The Morgan fingerprint density at radius 1 is 1.32 bits per heavy atom. The monoisotopic (exact) mass is 348 g/mol. The standard InChI is InChI=1S/C17H24N4O4/c1-12-16(22)20(2)14-4-3-13(11-15(14)25-12)19-17(23)18-5-6-21-7-9-24-10-8-21/h3-4,11-12H,5-10H2,1-2H3,(H2,18,19,23)/t12-/m1/s1. The van der Waals surface area contributed by atoms with E-state index in [0.29, 0.717) is 23.7 Å². The molecule has 2 heterocycles. The van der Waals surface area contributed by atoms with Crippen LogP contribution in [0.25, 0.3) is 0 Å². The van der Waals surface area contributed by atoms with Crippen LogP contribution < -0.4 is 20.3 Å². The predicted octanol–water partition coefficient (Wildman–Crippen LogP) is 0.884. The number of ether oxygens (including phenoxy) is 2. The summed E-state index contributed by atoms with van der Waals surface area (Å²) in [7, 11) is 1.71. The summed E-state index contributed by atoms with van der Waals surface area (Å²) in [6.45, 7) is 6.37. The number of amides is 3. The van der Waals surface area contributed by atoms with E-state index < -0.39 is 6.10 Å². The Kier molecular flexibility index (Phi) is 5.40. The van der Waals surface area contributed by atoms with Crippen molar-refractivity contribution in [1.82, 2.24) is 10.2 Å². The molecule has 0 aromatic heterocycles. The molecule has 8 heteroatoms. The molecule has 0 radical (unpaired) electrons. The minimum absolute atomic E-state index is 0.0888. The second kappa shape index (κ2) is 7.71. The molecule has 0 bridgehead atoms. The number of anilines is 2. The van der Waals surface area contributed by atoms with Gasteiger partial charge in [-0.15, -0.1) is 0 Å². The molecule has 136 valence electrons. The Morgan fingerprint density at radius 2 is 2.08 bits per heavy atom. The molecule has 1 fully saturated rings. The SMILES string of the molecule is C[C@H]1Oc2cc(NC(=O)NCCN3CCOCC3)ccc2N(C)C1=O. The number of hydrogen-bond donors (Lipinski definition) is 2. The van der Waals surface area contributed by atoms with Gasteiger partial charge >= 0.3 is 6.03 Å². The summed E-state index contributed by atoms with van der Waals surface area (Å²) >= 11 is 0. The Labute approximate surface area is 147 Å². The molecule has 1 aromatic carbocycles. The van der Waals surface area contributed by atoms with E-state index in [4.69, 9.17) is 9.47 Å². The second-order valence-corrected chi connectivity index (χ2v) is 6.17. The van der Waals surface area contributed by atoms with Gasteiger partial charge in [-0.3, -0.25) is 9.69 Å². The van der Waals surface area contributed by atoms with Gasteiger partial charge in [0.1, 0.15) is 5.75 Å². The minimum atomic E-state index is -0.532. The highest BCUT2D eigenvalue weighted by Gasteiger charge is 2.28. The third-order valence-corrected chi connectivity index (χ3v) is 4.38. The number of hydrogen-bond acceptors (Lipinski definition) is 5. The van der Waals surface area contributed by atoms with Crippen molar-refractivity contribution < 1.29 is 19.1 Å². The highest BCUT2D eigenvalue weighted by molar-refractivity contribution is 6.00. The van der Waals surface area contributed by atoms with Crippen LogP contribution in [0.4, 0.5) is 16.2 Å². The van der Waals surface area contributed by atoms with Crippen LogP contribution in [-0.4, -0.2) is 69.4 Å². The fourth-order valence-electron chi connectivity index (χ4n) is 2.92. The largest absolute Gasteiger partial charge is 0.479 e. The topological polar surface area (TPSA) is 83.1 Å². The first-order valence-corrected chi connectivity index (χ1v) is 8.48. The van der Waals surface area contributed by atoms with Crippen LogP contribution in [0.2, 0.25) is 0 Å². The molecule has 1 aromatic rings. The fraction of sp³-hybridized carbons (Fsp3) is 0.529. The number of urea groups is 1. The lowest BCUT2D eigenvalue weighted by Gasteiger charge is -2.30. The molecule has 0 saturated carbocycles. The number of nitrogens with zero attached hydrogens (tertiary/aromatic N) is 2. The quantitative estimate of drug-likeness (QED) is 0.844. The minimum Gasteiger partial charge on any atom is -0.479 e. The van der Waals surface area contributed by atoms with Gasteiger partial charge in [-0.2, -0.15) is 0 Å². The number of nitrogens with one attached hydrogen (secondary N) is 2. The molecule has 1 atom stereocenters. The van der Waals surface area contributed by atoms with Crippen molar-refractivity contribution >= 4 is 23.3 Å². The Hall–Kier alpha value is -2.32. The number of likely N-dealkylation sites (N-methyl/N-ethyl adjacent to an activating group) is 1. The van der Waals surface area contributed by atoms with Crippen LogP contribution in [0.5, 0.6) is 5.75 Å². The van der Waals surface area contributed by atoms with Crippen molar-refractivity contribution in [3.05, 3.63) is 18.2 Å². The number of morpholine rings is 1. The van der Waals surface area contributed by atoms with E-state index in [1.165, 1.54) is 0 Å². The molecule has 0 unspecified atom stereocenters. The molecule has 3 rings (SSSR count). The summed E-state index contributed by atoms with van der Waals surface area (Å²) in [5, 5.41) is 5.64. The summed E-state index contributed by atoms with van der Waals surface area (Å²) in [6, 6.07) is 4.99. The smallest absolute Gasteiger partial charge is 0.319 e. The number of fused-ring (bicyclic) bond motifs is 1. The number of rotatable bonds is 4. The van der Waals surface area contributed by atoms with E-state index in [2.05, 4.69) is 15.5 Å². The third kappa shape index (κ3) is 4.21. The molecule has 2 N–H and O–H groups in total. The molecule has 2 aliphatic rings. The van der Waals surface area contributed by atoms with Gasteiger partial charge in [-0.1, -0.05) is 0 Å². The van der Waals surface area contributed by atoms with Gasteiger partial charge in [-0.05, 0) is 19.1 Å². The van der Waals surface area contributed by atoms with Gasteiger partial charge in [0.15, 0.2) is 6.10 Å². The number of carbonyl (C=O) groups excluding carboxylic acids is 2. The molecule has 0 spiro atoms. The number of benzene rings is 1. The van der Waals surface area contributed by atoms with Gasteiger partial charge in [0.25, 0.3) is 5.91 Å². The highest BCUT2D eigenvalue weighted by Crippen LogP contribution is 2.35. The maximum Gasteiger partial charge on any atom is 0.319 e. The second-order valence-electron chi connectivity index (χ2n) is 6.17. The predicted molar refractivity (Wildman–Crippen MR) is 94.2 cm³/mol. The van der Waals surface area contributed by atoms with E-state index in [-0.39, 0.29) is 11.9 Å². The van der Waals surface area contributed by atoms with Gasteiger partial charge in [0.05, 0.1) is 18.9 Å². The van der Waals surface area contributed by atoms with Crippen molar-refractivity contribution in [3.8, 4) is 5.75 Å². The van der Waals surface area contributed by atoms with Gasteiger partial charge < -0.3 is 25.0 Å². The zero-order valence-electron chi connectivity index (χ0n) is 14.6.